The van der Waals surface area contributed by atoms with Crippen molar-refractivity contribution in [2.45, 2.75) is 65.9 Å². The average molecular weight is 575 g/mol. The Labute approximate surface area is 235 Å². The molecule has 12 heteroatoms. The van der Waals surface area contributed by atoms with Gasteiger partial charge in [-0.15, -0.1) is 24.5 Å². The zero-order chi connectivity index (χ0) is 28.9. The van der Waals surface area contributed by atoms with Crippen LogP contribution in [0.15, 0.2) is 36.5 Å². The molecule has 1 aromatic carbocycles. The van der Waals surface area contributed by atoms with Gasteiger partial charge in [0.2, 0.25) is 5.95 Å². The Morgan fingerprint density at radius 3 is 2.42 bits per heavy atom. The fourth-order valence-corrected chi connectivity index (χ4v) is 5.76. The molecule has 3 aromatic heterocycles. The number of pyridine rings is 1. The lowest BCUT2D eigenvalue weighted by Gasteiger charge is -2.18. The molecule has 0 aliphatic heterocycles. The molecule has 8 nitrogen and oxygen atoms in total. The van der Waals surface area contributed by atoms with Crippen LogP contribution in [-0.2, 0) is 6.54 Å². The van der Waals surface area contributed by atoms with Crippen LogP contribution in [0.5, 0.6) is 5.75 Å². The van der Waals surface area contributed by atoms with Gasteiger partial charge in [-0.25, -0.2) is 9.97 Å². The molecular weight excluding hydrogens is 541 g/mol. The van der Waals surface area contributed by atoms with Crippen molar-refractivity contribution < 1.29 is 23.0 Å². The van der Waals surface area contributed by atoms with E-state index in [0.717, 1.165) is 57.0 Å². The number of alkyl halides is 3. The van der Waals surface area contributed by atoms with E-state index in [1.165, 1.54) is 12.1 Å². The van der Waals surface area contributed by atoms with Gasteiger partial charge in [0.1, 0.15) is 16.6 Å². The SMILES string of the molecule is CC.Cc1nc(NCc2ccc(OC(F)(F)F)cc2)nc(NC2CCC(CO)C2)c1-c1nc2ccnc(C)c2s1. The van der Waals surface area contributed by atoms with E-state index in [0.29, 0.717) is 18.3 Å². The number of hydrogen-bond acceptors (Lipinski definition) is 9. The first-order valence-corrected chi connectivity index (χ1v) is 14.1. The summed E-state index contributed by atoms with van der Waals surface area (Å²) in [5.74, 6) is 1.03. The Morgan fingerprint density at radius 1 is 1.02 bits per heavy atom. The fourth-order valence-electron chi connectivity index (χ4n) is 4.66. The molecule has 0 amide bonds. The molecule has 1 saturated carbocycles. The van der Waals surface area contributed by atoms with E-state index in [9.17, 15) is 18.3 Å². The maximum atomic E-state index is 12.4. The predicted molar refractivity (Wildman–Crippen MR) is 152 cm³/mol. The molecule has 3 N–H and O–H groups in total. The number of hydrogen-bond donors (Lipinski definition) is 3. The molecule has 4 aromatic rings. The summed E-state index contributed by atoms with van der Waals surface area (Å²) in [5.41, 5.74) is 4.07. The molecule has 1 aliphatic carbocycles. The van der Waals surface area contributed by atoms with Gasteiger partial charge in [-0.1, -0.05) is 26.0 Å². The highest BCUT2D eigenvalue weighted by Gasteiger charge is 2.31. The number of nitrogens with zero attached hydrogens (tertiary/aromatic N) is 4. The lowest BCUT2D eigenvalue weighted by Crippen LogP contribution is -2.19. The van der Waals surface area contributed by atoms with Crippen LogP contribution in [0.1, 0.15) is 50.1 Å². The van der Waals surface area contributed by atoms with Crippen LogP contribution in [0.2, 0.25) is 0 Å². The zero-order valence-electron chi connectivity index (χ0n) is 22.8. The summed E-state index contributed by atoms with van der Waals surface area (Å²) in [6.07, 6.45) is -0.279. The molecule has 214 valence electrons. The normalized spacial score (nSPS) is 16.9. The van der Waals surface area contributed by atoms with E-state index < -0.39 is 6.36 Å². The first-order chi connectivity index (χ1) is 19.2. The summed E-state index contributed by atoms with van der Waals surface area (Å²) in [6.45, 7) is 8.33. The number of benzene rings is 1. The summed E-state index contributed by atoms with van der Waals surface area (Å²) in [6, 6.07) is 7.70. The fraction of sp³-hybridized carbons (Fsp3) is 0.429. The third kappa shape index (κ3) is 7.16. The Hall–Kier alpha value is -3.51. The number of aliphatic hydroxyl groups is 1. The van der Waals surface area contributed by atoms with Gasteiger partial charge >= 0.3 is 6.36 Å². The quantitative estimate of drug-likeness (QED) is 0.209. The molecule has 40 heavy (non-hydrogen) atoms. The van der Waals surface area contributed by atoms with Crippen molar-refractivity contribution in [3.63, 3.8) is 0 Å². The van der Waals surface area contributed by atoms with Gasteiger partial charge in [-0.3, -0.25) is 4.98 Å². The first kappa shape index (κ1) is 29.5. The van der Waals surface area contributed by atoms with Gasteiger partial charge < -0.3 is 20.5 Å². The molecule has 0 bridgehead atoms. The summed E-state index contributed by atoms with van der Waals surface area (Å²) in [5, 5.41) is 17.1. The molecule has 1 aliphatic rings. The van der Waals surface area contributed by atoms with Crippen LogP contribution in [-0.4, -0.2) is 44.1 Å². The molecule has 0 radical (unpaired) electrons. The minimum absolute atomic E-state index is 0.159. The second-order valence-corrected chi connectivity index (χ2v) is 10.4. The summed E-state index contributed by atoms with van der Waals surface area (Å²) < 4.78 is 42.2. The smallest absolute Gasteiger partial charge is 0.406 e. The Kier molecular flexibility index (Phi) is 9.41. The number of thiazole rings is 1. The molecule has 0 spiro atoms. The number of fused-ring (bicyclic) bond motifs is 1. The Bertz CT molecular complexity index is 1430. The highest BCUT2D eigenvalue weighted by molar-refractivity contribution is 7.21. The first-order valence-electron chi connectivity index (χ1n) is 13.3. The molecule has 1 fully saturated rings. The summed E-state index contributed by atoms with van der Waals surface area (Å²) in [4.78, 5) is 18.7. The minimum Gasteiger partial charge on any atom is -0.406 e. The number of anilines is 2. The average Bonchev–Trinajstić information content (AvgIpc) is 3.56. The third-order valence-electron chi connectivity index (χ3n) is 6.53. The topological polar surface area (TPSA) is 105 Å². The molecule has 0 saturated heterocycles. The van der Waals surface area contributed by atoms with Crippen molar-refractivity contribution in [3.8, 4) is 16.3 Å². The van der Waals surface area contributed by atoms with Crippen molar-refractivity contribution >= 4 is 33.3 Å². The molecule has 5 rings (SSSR count). The Balaban J connectivity index is 0.00000181. The van der Waals surface area contributed by atoms with Crippen molar-refractivity contribution in [3.05, 3.63) is 53.5 Å². The summed E-state index contributed by atoms with van der Waals surface area (Å²) >= 11 is 1.54. The largest absolute Gasteiger partial charge is 0.573 e. The molecule has 3 heterocycles. The highest BCUT2D eigenvalue weighted by atomic mass is 32.1. The number of ether oxygens (including phenoxy) is 1. The van der Waals surface area contributed by atoms with E-state index in [1.807, 2.05) is 33.8 Å². The van der Waals surface area contributed by atoms with Gasteiger partial charge in [0.05, 0.1) is 27.2 Å². The van der Waals surface area contributed by atoms with E-state index >= 15 is 0 Å². The van der Waals surface area contributed by atoms with Gasteiger partial charge in [-0.2, -0.15) is 4.98 Å². The third-order valence-corrected chi connectivity index (χ3v) is 7.73. The summed E-state index contributed by atoms with van der Waals surface area (Å²) in [7, 11) is 0. The number of aromatic nitrogens is 4. The van der Waals surface area contributed by atoms with E-state index in [2.05, 4.69) is 25.3 Å². The van der Waals surface area contributed by atoms with Crippen LogP contribution in [0.3, 0.4) is 0 Å². The number of nitrogens with one attached hydrogen (secondary N) is 2. The maximum Gasteiger partial charge on any atom is 0.573 e. The van der Waals surface area contributed by atoms with Crippen LogP contribution in [0.25, 0.3) is 20.8 Å². The van der Waals surface area contributed by atoms with E-state index in [4.69, 9.17) is 9.97 Å². The van der Waals surface area contributed by atoms with Crippen LogP contribution in [0.4, 0.5) is 24.9 Å². The van der Waals surface area contributed by atoms with Gasteiger partial charge in [0, 0.05) is 25.4 Å². The minimum atomic E-state index is -4.73. The van der Waals surface area contributed by atoms with Crippen molar-refractivity contribution in [2.75, 3.05) is 17.2 Å². The van der Waals surface area contributed by atoms with E-state index in [1.54, 1.807) is 29.7 Å². The number of aryl methyl sites for hydroxylation is 2. The molecule has 2 atom stereocenters. The van der Waals surface area contributed by atoms with Crippen molar-refractivity contribution in [1.82, 2.24) is 19.9 Å². The standard InChI is InChI=1S/C26H27F3N6O2S.C2H6/c1-14-21(24-34-20-9-10-30-15(2)22(20)38-24)23(33-18-6-3-17(11-18)13-36)35-25(32-14)31-12-16-4-7-19(8-5-16)37-26(27,28)29;1-2/h4-5,7-10,17-18,36H,3,6,11-13H2,1-2H3,(H2,31,32,33,35);1-2H3. The highest BCUT2D eigenvalue weighted by Crippen LogP contribution is 2.38. The second-order valence-electron chi connectivity index (χ2n) is 9.37. The lowest BCUT2D eigenvalue weighted by atomic mass is 10.1. The lowest BCUT2D eigenvalue weighted by molar-refractivity contribution is -0.274. The number of rotatable bonds is 8. The van der Waals surface area contributed by atoms with Crippen molar-refractivity contribution in [2.24, 2.45) is 5.92 Å². The van der Waals surface area contributed by atoms with Gasteiger partial charge in [0.25, 0.3) is 0 Å². The zero-order valence-corrected chi connectivity index (χ0v) is 23.7. The predicted octanol–water partition coefficient (Wildman–Crippen LogP) is 6.87. The second kappa shape index (κ2) is 12.8. The maximum absolute atomic E-state index is 12.4. The Morgan fingerprint density at radius 2 is 1.77 bits per heavy atom. The monoisotopic (exact) mass is 574 g/mol. The van der Waals surface area contributed by atoms with Crippen LogP contribution in [0, 0.1) is 19.8 Å². The molecule has 2 unspecified atom stereocenters. The van der Waals surface area contributed by atoms with Gasteiger partial charge in [-0.05, 0) is 62.8 Å². The van der Waals surface area contributed by atoms with Gasteiger partial charge in [0.15, 0.2) is 0 Å². The number of aliphatic hydroxyl groups excluding tert-OH is 1. The number of halogens is 3. The van der Waals surface area contributed by atoms with E-state index in [-0.39, 0.29) is 24.3 Å². The van der Waals surface area contributed by atoms with Crippen LogP contribution < -0.4 is 15.4 Å². The van der Waals surface area contributed by atoms with Crippen molar-refractivity contribution in [1.29, 1.82) is 0 Å². The van der Waals surface area contributed by atoms with Crippen LogP contribution >= 0.6 is 11.3 Å². The molecular formula is C28H33F3N6O2S.